The van der Waals surface area contributed by atoms with Crippen LogP contribution in [-0.4, -0.2) is 51.2 Å². The SMILES string of the molecule is C=CC(=O)N1CC(Nc2ncnc(N)c2C(=N)c2cnc(OC)c(F)c2)CC(C=C)=C1/C=C\C. The number of rotatable bonds is 8. The fraction of sp³-hybridized carbons (Fsp3) is 0.208. The van der Waals surface area contributed by atoms with E-state index in [9.17, 15) is 9.18 Å². The van der Waals surface area contributed by atoms with Crippen LogP contribution in [0.1, 0.15) is 24.5 Å². The van der Waals surface area contributed by atoms with Gasteiger partial charge < -0.3 is 20.7 Å². The number of methoxy groups -OCH3 is 1. The topological polar surface area (TPSA) is 130 Å². The Hall–Kier alpha value is -4.34. The van der Waals surface area contributed by atoms with Gasteiger partial charge in [-0.3, -0.25) is 10.2 Å². The lowest BCUT2D eigenvalue weighted by Gasteiger charge is -2.35. The number of carbonyl (C=O) groups is 1. The molecule has 1 amide bonds. The minimum Gasteiger partial charge on any atom is -0.479 e. The normalized spacial score (nSPS) is 15.9. The molecule has 0 aromatic carbocycles. The van der Waals surface area contributed by atoms with Crippen LogP contribution in [0.2, 0.25) is 0 Å². The van der Waals surface area contributed by atoms with E-state index >= 15 is 0 Å². The largest absolute Gasteiger partial charge is 0.479 e. The molecule has 1 aliphatic rings. The summed E-state index contributed by atoms with van der Waals surface area (Å²) in [7, 11) is 1.31. The van der Waals surface area contributed by atoms with Gasteiger partial charge in [0.25, 0.3) is 0 Å². The molecule has 34 heavy (non-hydrogen) atoms. The van der Waals surface area contributed by atoms with Gasteiger partial charge in [-0.15, -0.1) is 0 Å². The Morgan fingerprint density at radius 2 is 2.15 bits per heavy atom. The molecular formula is C24H26FN7O2. The maximum Gasteiger partial charge on any atom is 0.250 e. The van der Waals surface area contributed by atoms with Gasteiger partial charge in [-0.25, -0.2) is 19.3 Å². The molecule has 10 heteroatoms. The summed E-state index contributed by atoms with van der Waals surface area (Å²) in [6.07, 6.45) is 9.78. The first-order valence-electron chi connectivity index (χ1n) is 10.4. The van der Waals surface area contributed by atoms with E-state index in [-0.39, 0.29) is 46.3 Å². The average Bonchev–Trinajstić information content (AvgIpc) is 2.84. The summed E-state index contributed by atoms with van der Waals surface area (Å²) in [5.74, 6) is -0.820. The highest BCUT2D eigenvalue weighted by atomic mass is 19.1. The molecular weight excluding hydrogens is 437 g/mol. The van der Waals surface area contributed by atoms with E-state index in [1.807, 2.05) is 19.1 Å². The molecule has 4 N–H and O–H groups in total. The first-order chi connectivity index (χ1) is 16.3. The first kappa shape index (κ1) is 24.3. The molecule has 176 valence electrons. The Labute approximate surface area is 197 Å². The molecule has 9 nitrogen and oxygen atoms in total. The molecule has 0 saturated carbocycles. The Morgan fingerprint density at radius 3 is 2.76 bits per heavy atom. The second-order valence-electron chi connectivity index (χ2n) is 7.39. The van der Waals surface area contributed by atoms with Gasteiger partial charge in [0.1, 0.15) is 18.0 Å². The van der Waals surface area contributed by atoms with Gasteiger partial charge in [-0.2, -0.15) is 0 Å². The van der Waals surface area contributed by atoms with Crippen molar-refractivity contribution in [2.45, 2.75) is 19.4 Å². The zero-order valence-electron chi connectivity index (χ0n) is 19.0. The van der Waals surface area contributed by atoms with Gasteiger partial charge in [-0.1, -0.05) is 25.3 Å². The van der Waals surface area contributed by atoms with Crippen LogP contribution in [0.15, 0.2) is 67.3 Å². The summed E-state index contributed by atoms with van der Waals surface area (Å²) in [4.78, 5) is 26.3. The number of anilines is 2. The van der Waals surface area contributed by atoms with E-state index in [4.69, 9.17) is 15.9 Å². The fourth-order valence-corrected chi connectivity index (χ4v) is 3.69. The highest BCUT2D eigenvalue weighted by Crippen LogP contribution is 2.29. The standard InChI is InChI=1S/C24H26FN7O2/c1-5-8-18-14(6-2)9-16(12-32(18)19(33)7-3)31-23-20(22(27)29-13-30-23)21(26)15-10-17(25)24(34-4)28-11-15/h5-8,10-11,13,16,26H,2-3,9,12H2,1,4H3,(H3,27,29,30,31)/b8-5-,26-21?. The van der Waals surface area contributed by atoms with Gasteiger partial charge in [0.15, 0.2) is 5.82 Å². The number of halogens is 1. The van der Waals surface area contributed by atoms with Gasteiger partial charge in [0.2, 0.25) is 11.8 Å². The highest BCUT2D eigenvalue weighted by molar-refractivity contribution is 6.16. The molecule has 2 aromatic rings. The van der Waals surface area contributed by atoms with E-state index in [1.165, 1.54) is 25.7 Å². The van der Waals surface area contributed by atoms with Crippen LogP contribution < -0.4 is 15.8 Å². The van der Waals surface area contributed by atoms with Crippen molar-refractivity contribution in [1.82, 2.24) is 19.9 Å². The number of nitrogen functional groups attached to an aromatic ring is 1. The summed E-state index contributed by atoms with van der Waals surface area (Å²) in [5, 5.41) is 11.9. The molecule has 0 spiro atoms. The number of hydrogen-bond acceptors (Lipinski definition) is 8. The quantitative estimate of drug-likeness (QED) is 0.405. The number of amides is 1. The molecule has 0 radical (unpaired) electrons. The van der Waals surface area contributed by atoms with E-state index in [1.54, 1.807) is 11.0 Å². The summed E-state index contributed by atoms with van der Waals surface area (Å²) in [5.41, 5.74) is 7.95. The lowest BCUT2D eigenvalue weighted by atomic mass is 9.96. The third-order valence-corrected chi connectivity index (χ3v) is 5.26. The molecule has 0 saturated heterocycles. The minimum atomic E-state index is -0.710. The molecule has 1 unspecified atom stereocenters. The summed E-state index contributed by atoms with van der Waals surface area (Å²) >= 11 is 0. The summed E-state index contributed by atoms with van der Waals surface area (Å²) < 4.78 is 19.1. The monoisotopic (exact) mass is 463 g/mol. The van der Waals surface area contributed by atoms with Crippen LogP contribution >= 0.6 is 0 Å². The second-order valence-corrected chi connectivity index (χ2v) is 7.39. The number of carbonyl (C=O) groups excluding carboxylic acids is 1. The van der Waals surface area contributed by atoms with Crippen molar-refractivity contribution in [3.63, 3.8) is 0 Å². The summed E-state index contributed by atoms with van der Waals surface area (Å²) in [6.45, 7) is 9.67. The second kappa shape index (κ2) is 10.5. The fourth-order valence-electron chi connectivity index (χ4n) is 3.69. The Bertz CT molecular complexity index is 1210. The number of allylic oxidation sites excluding steroid dienone is 3. The van der Waals surface area contributed by atoms with Crippen molar-refractivity contribution < 1.29 is 13.9 Å². The smallest absolute Gasteiger partial charge is 0.250 e. The van der Waals surface area contributed by atoms with Crippen LogP contribution in [0.4, 0.5) is 16.0 Å². The molecule has 3 heterocycles. The Balaban J connectivity index is 1.98. The van der Waals surface area contributed by atoms with Crippen LogP contribution in [0, 0.1) is 11.2 Å². The predicted octanol–water partition coefficient (Wildman–Crippen LogP) is 3.23. The summed E-state index contributed by atoms with van der Waals surface area (Å²) in [6, 6.07) is 0.856. The lowest BCUT2D eigenvalue weighted by Crippen LogP contribution is -2.43. The van der Waals surface area contributed by atoms with E-state index in [0.717, 1.165) is 17.3 Å². The molecule has 0 aliphatic carbocycles. The number of nitrogens with zero attached hydrogens (tertiary/aromatic N) is 4. The average molecular weight is 464 g/mol. The zero-order chi connectivity index (χ0) is 24.8. The van der Waals surface area contributed by atoms with Crippen LogP contribution in [0.3, 0.4) is 0 Å². The molecule has 1 aliphatic heterocycles. The third-order valence-electron chi connectivity index (χ3n) is 5.26. The molecule has 3 rings (SSSR count). The first-order valence-corrected chi connectivity index (χ1v) is 10.4. The van der Waals surface area contributed by atoms with Crippen LogP contribution in [0.5, 0.6) is 5.88 Å². The van der Waals surface area contributed by atoms with Gasteiger partial charge >= 0.3 is 0 Å². The van der Waals surface area contributed by atoms with Gasteiger partial charge in [0, 0.05) is 30.0 Å². The number of nitrogens with two attached hydrogens (primary N) is 1. The minimum absolute atomic E-state index is 0.0441. The predicted molar refractivity (Wildman–Crippen MR) is 129 cm³/mol. The highest BCUT2D eigenvalue weighted by Gasteiger charge is 2.29. The van der Waals surface area contributed by atoms with Gasteiger partial charge in [0.05, 0.1) is 18.4 Å². The van der Waals surface area contributed by atoms with Crippen molar-refractivity contribution in [1.29, 1.82) is 5.41 Å². The maximum absolute atomic E-state index is 14.2. The van der Waals surface area contributed by atoms with Crippen molar-refractivity contribution in [2.75, 3.05) is 24.7 Å². The lowest BCUT2D eigenvalue weighted by molar-refractivity contribution is -0.124. The van der Waals surface area contributed by atoms with E-state index in [0.29, 0.717) is 13.0 Å². The molecule has 0 fully saturated rings. The Morgan fingerprint density at radius 1 is 1.38 bits per heavy atom. The number of ether oxygens (including phenoxy) is 1. The van der Waals surface area contributed by atoms with Gasteiger partial charge in [-0.05, 0) is 37.1 Å². The number of hydrogen-bond donors (Lipinski definition) is 3. The maximum atomic E-state index is 14.2. The van der Waals surface area contributed by atoms with E-state index in [2.05, 4.69) is 33.4 Å². The molecule has 2 aromatic heterocycles. The molecule has 0 bridgehead atoms. The number of pyridine rings is 1. The molecule has 1 atom stereocenters. The van der Waals surface area contributed by atoms with Crippen LogP contribution in [0.25, 0.3) is 0 Å². The van der Waals surface area contributed by atoms with E-state index < -0.39 is 5.82 Å². The van der Waals surface area contributed by atoms with Crippen molar-refractivity contribution >= 4 is 23.3 Å². The third kappa shape index (κ3) is 4.85. The van der Waals surface area contributed by atoms with Crippen LogP contribution in [-0.2, 0) is 4.79 Å². The number of nitrogens with one attached hydrogen (secondary N) is 2. The number of aromatic nitrogens is 3. The van der Waals surface area contributed by atoms with Crippen molar-refractivity contribution in [2.24, 2.45) is 0 Å². The Kier molecular flexibility index (Phi) is 7.52. The zero-order valence-corrected chi connectivity index (χ0v) is 19.0. The van der Waals surface area contributed by atoms with Crippen molar-refractivity contribution in [3.05, 3.63) is 84.3 Å². The van der Waals surface area contributed by atoms with Crippen molar-refractivity contribution in [3.8, 4) is 5.88 Å².